The molecule has 0 radical (unpaired) electrons. The van der Waals surface area contributed by atoms with Crippen molar-refractivity contribution >= 4 is 44.7 Å². The molecule has 1 saturated carbocycles. The summed E-state index contributed by atoms with van der Waals surface area (Å²) in [6.07, 6.45) is 6.47. The van der Waals surface area contributed by atoms with Crippen molar-refractivity contribution in [2.24, 2.45) is 5.92 Å². The molecule has 1 heterocycles. The first-order valence-corrected chi connectivity index (χ1v) is 12.1. The Labute approximate surface area is 197 Å². The van der Waals surface area contributed by atoms with E-state index in [2.05, 4.69) is 66.5 Å². The number of nitrogens with zero attached hydrogens (tertiary/aromatic N) is 1. The lowest BCUT2D eigenvalue weighted by molar-refractivity contribution is -0.131. The van der Waals surface area contributed by atoms with E-state index in [0.29, 0.717) is 5.92 Å². The molecule has 164 valence electrons. The van der Waals surface area contributed by atoms with Crippen molar-refractivity contribution in [1.29, 1.82) is 0 Å². The maximum absolute atomic E-state index is 10.9. The summed E-state index contributed by atoms with van der Waals surface area (Å²) in [5.74, 6) is -0.415. The molecule has 0 unspecified atom stereocenters. The Morgan fingerprint density at radius 3 is 2.48 bits per heavy atom. The number of allylic oxidation sites excluding steroid dienone is 1. The number of hydrogen-bond acceptors (Lipinski definition) is 3. The third kappa shape index (κ3) is 4.39. The van der Waals surface area contributed by atoms with Gasteiger partial charge in [-0.1, -0.05) is 61.0 Å². The fraction of sp³-hybridized carbons (Fsp3) is 0.172. The summed E-state index contributed by atoms with van der Waals surface area (Å²) in [7, 11) is 0. The number of carboxylic acids is 1. The average molecular weight is 452 g/mol. The summed E-state index contributed by atoms with van der Waals surface area (Å²) in [5, 5.41) is 8.96. The fourth-order valence-corrected chi connectivity index (χ4v) is 5.21. The van der Waals surface area contributed by atoms with E-state index in [9.17, 15) is 4.79 Å². The average Bonchev–Trinajstić information content (AvgIpc) is 3.25. The molecule has 1 aromatic heterocycles. The van der Waals surface area contributed by atoms with E-state index in [4.69, 9.17) is 5.11 Å². The van der Waals surface area contributed by atoms with E-state index in [-0.39, 0.29) is 0 Å². The molecule has 0 bridgehead atoms. The van der Waals surface area contributed by atoms with Crippen LogP contribution in [0, 0.1) is 12.8 Å². The molecule has 1 N–H and O–H groups in total. The van der Waals surface area contributed by atoms with E-state index in [1.54, 1.807) is 17.4 Å². The Morgan fingerprint density at radius 1 is 1.03 bits per heavy atom. The number of aromatic nitrogens is 1. The van der Waals surface area contributed by atoms with Gasteiger partial charge in [-0.2, -0.15) is 0 Å². The molecule has 33 heavy (non-hydrogen) atoms. The predicted octanol–water partition coefficient (Wildman–Crippen LogP) is 7.46. The van der Waals surface area contributed by atoms with Crippen molar-refractivity contribution in [3.63, 3.8) is 0 Å². The summed E-state index contributed by atoms with van der Waals surface area (Å²) in [6.45, 7) is 2.19. The summed E-state index contributed by atoms with van der Waals surface area (Å²) >= 11 is 1.66. The smallest absolute Gasteiger partial charge is 0.328 e. The first-order valence-electron chi connectivity index (χ1n) is 11.3. The van der Waals surface area contributed by atoms with Gasteiger partial charge in [-0.15, -0.1) is 11.3 Å². The van der Waals surface area contributed by atoms with Crippen molar-refractivity contribution in [3.05, 3.63) is 106 Å². The molecule has 4 heteroatoms. The van der Waals surface area contributed by atoms with E-state index >= 15 is 0 Å². The second-order valence-corrected chi connectivity index (χ2v) is 9.45. The van der Waals surface area contributed by atoms with Crippen molar-refractivity contribution < 1.29 is 9.90 Å². The van der Waals surface area contributed by atoms with Crippen LogP contribution in [0.25, 0.3) is 27.4 Å². The molecule has 5 rings (SSSR count). The third-order valence-corrected chi connectivity index (χ3v) is 7.26. The van der Waals surface area contributed by atoms with Crippen LogP contribution in [0.2, 0.25) is 0 Å². The standard InChI is InChI=1S/C29H25NO2S/c1-19-5-2-3-8-24(19)29(21-6-4-7-21)28(23-14-15-26-25(17-23)30-18-33-26)22-12-9-20(10-13-22)11-16-27(31)32/h2-3,5,8-18,21H,4,6-7H2,1H3,(H,31,32). The number of carboxylic acid groups (broad SMARTS) is 1. The van der Waals surface area contributed by atoms with Crippen LogP contribution in [-0.2, 0) is 4.79 Å². The number of aryl methyl sites for hydroxylation is 1. The maximum Gasteiger partial charge on any atom is 0.328 e. The first kappa shape index (κ1) is 21.4. The van der Waals surface area contributed by atoms with Gasteiger partial charge in [0.15, 0.2) is 0 Å². The largest absolute Gasteiger partial charge is 0.478 e. The fourth-order valence-electron chi connectivity index (χ4n) is 4.55. The van der Waals surface area contributed by atoms with E-state index in [1.165, 1.54) is 57.9 Å². The van der Waals surface area contributed by atoms with Gasteiger partial charge >= 0.3 is 5.97 Å². The number of aliphatic carboxylic acids is 1. The highest BCUT2D eigenvalue weighted by molar-refractivity contribution is 7.16. The van der Waals surface area contributed by atoms with Gasteiger partial charge in [0.1, 0.15) is 0 Å². The van der Waals surface area contributed by atoms with E-state index in [0.717, 1.165) is 16.6 Å². The number of rotatable bonds is 6. The van der Waals surface area contributed by atoms with Crippen molar-refractivity contribution in [1.82, 2.24) is 4.98 Å². The molecule has 0 spiro atoms. The Hall–Kier alpha value is -3.50. The Kier molecular flexibility index (Phi) is 5.93. The molecule has 1 aliphatic rings. The molecular weight excluding hydrogens is 426 g/mol. The van der Waals surface area contributed by atoms with Gasteiger partial charge in [0.2, 0.25) is 0 Å². The number of thiazole rings is 1. The highest BCUT2D eigenvalue weighted by Gasteiger charge is 2.28. The minimum atomic E-state index is -0.942. The van der Waals surface area contributed by atoms with Gasteiger partial charge in [0.05, 0.1) is 15.7 Å². The predicted molar refractivity (Wildman–Crippen MR) is 137 cm³/mol. The topological polar surface area (TPSA) is 50.2 Å². The van der Waals surface area contributed by atoms with Crippen molar-refractivity contribution in [3.8, 4) is 0 Å². The second-order valence-electron chi connectivity index (χ2n) is 8.56. The second kappa shape index (κ2) is 9.16. The van der Waals surface area contributed by atoms with Gasteiger partial charge in [0, 0.05) is 6.08 Å². The molecule has 0 amide bonds. The number of hydrogen-bond donors (Lipinski definition) is 1. The number of fused-ring (bicyclic) bond motifs is 1. The Bertz CT molecular complexity index is 1370. The SMILES string of the molecule is Cc1ccccc1C(=C(c1ccc(C=CC(=O)O)cc1)c1ccc2scnc2c1)C1CCC1. The lowest BCUT2D eigenvalue weighted by Crippen LogP contribution is -2.15. The highest BCUT2D eigenvalue weighted by Crippen LogP contribution is 2.46. The molecule has 3 aromatic carbocycles. The van der Waals surface area contributed by atoms with Crippen LogP contribution in [0.15, 0.2) is 78.3 Å². The maximum atomic E-state index is 10.9. The minimum Gasteiger partial charge on any atom is -0.478 e. The highest BCUT2D eigenvalue weighted by atomic mass is 32.1. The molecule has 4 aromatic rings. The zero-order valence-corrected chi connectivity index (χ0v) is 19.3. The van der Waals surface area contributed by atoms with Crippen LogP contribution in [-0.4, -0.2) is 16.1 Å². The molecule has 0 atom stereocenters. The van der Waals surface area contributed by atoms with Gasteiger partial charge in [-0.05, 0) is 82.9 Å². The number of carbonyl (C=O) groups is 1. The molecule has 1 aliphatic carbocycles. The summed E-state index contributed by atoms with van der Waals surface area (Å²) in [4.78, 5) is 15.5. The summed E-state index contributed by atoms with van der Waals surface area (Å²) in [6, 6.07) is 23.5. The van der Waals surface area contributed by atoms with E-state index < -0.39 is 5.97 Å². The summed E-state index contributed by atoms with van der Waals surface area (Å²) < 4.78 is 1.19. The van der Waals surface area contributed by atoms with Crippen LogP contribution in [0.4, 0.5) is 0 Å². The Balaban J connectivity index is 1.74. The van der Waals surface area contributed by atoms with Gasteiger partial charge < -0.3 is 5.11 Å². The number of benzene rings is 3. The quantitative estimate of drug-likeness (QED) is 0.244. The minimum absolute atomic E-state index is 0.527. The van der Waals surface area contributed by atoms with Crippen LogP contribution >= 0.6 is 11.3 Å². The summed E-state index contributed by atoms with van der Waals surface area (Å²) in [5.41, 5.74) is 11.4. The first-order chi connectivity index (χ1) is 16.1. The van der Waals surface area contributed by atoms with Crippen LogP contribution in [0.1, 0.15) is 47.1 Å². The molecular formula is C29H25NO2S. The van der Waals surface area contributed by atoms with Crippen LogP contribution < -0.4 is 0 Å². The van der Waals surface area contributed by atoms with Crippen molar-refractivity contribution in [2.45, 2.75) is 26.2 Å². The molecule has 0 aliphatic heterocycles. The normalized spacial score (nSPS) is 14.9. The Morgan fingerprint density at radius 2 is 1.79 bits per heavy atom. The van der Waals surface area contributed by atoms with Gasteiger partial charge in [-0.25, -0.2) is 9.78 Å². The van der Waals surface area contributed by atoms with E-state index in [1.807, 2.05) is 17.6 Å². The zero-order chi connectivity index (χ0) is 22.8. The molecule has 0 saturated heterocycles. The van der Waals surface area contributed by atoms with Crippen LogP contribution in [0.3, 0.4) is 0 Å². The third-order valence-electron chi connectivity index (χ3n) is 6.45. The molecule has 3 nitrogen and oxygen atoms in total. The molecule has 1 fully saturated rings. The lowest BCUT2D eigenvalue weighted by Gasteiger charge is -2.32. The van der Waals surface area contributed by atoms with Crippen LogP contribution in [0.5, 0.6) is 0 Å². The van der Waals surface area contributed by atoms with Gasteiger partial charge in [-0.3, -0.25) is 0 Å². The van der Waals surface area contributed by atoms with Gasteiger partial charge in [0.25, 0.3) is 0 Å². The lowest BCUT2D eigenvalue weighted by atomic mass is 9.72. The zero-order valence-electron chi connectivity index (χ0n) is 18.5. The van der Waals surface area contributed by atoms with Crippen molar-refractivity contribution in [2.75, 3.05) is 0 Å². The monoisotopic (exact) mass is 451 g/mol.